The van der Waals surface area contributed by atoms with Gasteiger partial charge in [0.1, 0.15) is 5.01 Å². The minimum Gasteiger partial charge on any atom is -0.332 e. The van der Waals surface area contributed by atoms with Crippen molar-refractivity contribution in [3.8, 4) is 10.6 Å². The molecule has 1 aromatic heterocycles. The highest BCUT2D eigenvalue weighted by atomic mass is 32.1. The molecule has 0 saturated carbocycles. The van der Waals surface area contributed by atoms with Crippen LogP contribution in [0.15, 0.2) is 42.5 Å². The molecule has 0 unspecified atom stereocenters. The summed E-state index contributed by atoms with van der Waals surface area (Å²) in [5.41, 5.74) is 3.98. The summed E-state index contributed by atoms with van der Waals surface area (Å²) in [7, 11) is 0. The molecule has 0 aliphatic rings. The molecule has 0 aliphatic heterocycles. The van der Waals surface area contributed by atoms with Crippen LogP contribution in [0.5, 0.6) is 0 Å². The highest BCUT2D eigenvalue weighted by Crippen LogP contribution is 2.34. The fraction of sp³-hybridized carbons (Fsp3) is 0.250. The molecule has 0 fully saturated rings. The van der Waals surface area contributed by atoms with Gasteiger partial charge in [-0.3, -0.25) is 4.79 Å². The lowest BCUT2D eigenvalue weighted by atomic mass is 10.1. The summed E-state index contributed by atoms with van der Waals surface area (Å²) in [6, 6.07) is 14.1. The molecule has 2 N–H and O–H groups in total. The fourth-order valence-electron chi connectivity index (χ4n) is 2.69. The van der Waals surface area contributed by atoms with Crippen molar-refractivity contribution in [2.45, 2.75) is 27.2 Å². The quantitative estimate of drug-likeness (QED) is 0.613. The van der Waals surface area contributed by atoms with Crippen molar-refractivity contribution in [2.24, 2.45) is 5.92 Å². The first kappa shape index (κ1) is 18.5. The number of nitrogens with one attached hydrogen (secondary N) is 2. The van der Waals surface area contributed by atoms with Crippen LogP contribution >= 0.6 is 23.6 Å². The molecule has 0 aliphatic carbocycles. The predicted molar refractivity (Wildman–Crippen MR) is 114 cm³/mol. The first-order chi connectivity index (χ1) is 12.4. The van der Waals surface area contributed by atoms with Gasteiger partial charge in [-0.15, -0.1) is 11.3 Å². The Morgan fingerprint density at radius 2 is 1.96 bits per heavy atom. The van der Waals surface area contributed by atoms with Gasteiger partial charge in [-0.2, -0.15) is 0 Å². The molecule has 3 aromatic rings. The molecule has 2 aromatic carbocycles. The number of anilines is 1. The number of fused-ring (bicyclic) bond motifs is 1. The van der Waals surface area contributed by atoms with E-state index in [1.807, 2.05) is 51.1 Å². The van der Waals surface area contributed by atoms with Gasteiger partial charge in [-0.25, -0.2) is 4.98 Å². The molecule has 1 heterocycles. The Morgan fingerprint density at radius 3 is 2.69 bits per heavy atom. The van der Waals surface area contributed by atoms with Crippen LogP contribution in [-0.4, -0.2) is 16.0 Å². The van der Waals surface area contributed by atoms with Crippen LogP contribution in [0.3, 0.4) is 0 Å². The normalized spacial score (nSPS) is 10.9. The molecule has 6 heteroatoms. The number of thiazole rings is 1. The standard InChI is InChI=1S/C20H21N3OS2/c1-12(2)11-18(24)23-20(25)22-15-9-6-7-14(13(15)3)19-21-16-8-4-5-10-17(16)26-19/h4-10,12H,11H2,1-3H3,(H2,22,23,24,25). The summed E-state index contributed by atoms with van der Waals surface area (Å²) >= 11 is 6.95. The summed E-state index contributed by atoms with van der Waals surface area (Å²) in [5, 5.41) is 7.16. The van der Waals surface area contributed by atoms with Crippen molar-refractivity contribution in [1.29, 1.82) is 0 Å². The molecule has 0 spiro atoms. The fourth-order valence-corrected chi connectivity index (χ4v) is 3.96. The number of carbonyl (C=O) groups excluding carboxylic acids is 1. The van der Waals surface area contributed by atoms with Crippen molar-refractivity contribution in [3.05, 3.63) is 48.0 Å². The van der Waals surface area contributed by atoms with Crippen LogP contribution in [0.4, 0.5) is 5.69 Å². The van der Waals surface area contributed by atoms with Crippen LogP contribution in [0.1, 0.15) is 25.8 Å². The number of hydrogen-bond donors (Lipinski definition) is 2. The minimum atomic E-state index is -0.0718. The first-order valence-corrected chi connectivity index (χ1v) is 9.73. The largest absolute Gasteiger partial charge is 0.332 e. The van der Waals surface area contributed by atoms with Crippen molar-refractivity contribution in [1.82, 2.24) is 10.3 Å². The van der Waals surface area contributed by atoms with Crippen molar-refractivity contribution in [3.63, 3.8) is 0 Å². The maximum Gasteiger partial charge on any atom is 0.226 e. The predicted octanol–water partition coefficient (Wildman–Crippen LogP) is 5.13. The average Bonchev–Trinajstić information content (AvgIpc) is 2.99. The lowest BCUT2D eigenvalue weighted by molar-refractivity contribution is -0.120. The number of para-hydroxylation sites is 1. The Balaban J connectivity index is 1.81. The van der Waals surface area contributed by atoms with Gasteiger partial charge >= 0.3 is 0 Å². The van der Waals surface area contributed by atoms with E-state index in [0.29, 0.717) is 17.5 Å². The van der Waals surface area contributed by atoms with Crippen LogP contribution in [0.2, 0.25) is 0 Å². The Hall–Kier alpha value is -2.31. The topological polar surface area (TPSA) is 54.0 Å². The smallest absolute Gasteiger partial charge is 0.226 e. The zero-order chi connectivity index (χ0) is 18.7. The highest BCUT2D eigenvalue weighted by molar-refractivity contribution is 7.80. The van der Waals surface area contributed by atoms with Gasteiger partial charge in [-0.1, -0.05) is 38.1 Å². The summed E-state index contributed by atoms with van der Waals surface area (Å²) in [5.74, 6) is 0.222. The second-order valence-corrected chi connectivity index (χ2v) is 8.00. The van der Waals surface area contributed by atoms with E-state index in [2.05, 4.69) is 22.8 Å². The van der Waals surface area contributed by atoms with Gasteiger partial charge in [0.2, 0.25) is 5.91 Å². The zero-order valence-corrected chi connectivity index (χ0v) is 16.6. The number of hydrogen-bond acceptors (Lipinski definition) is 4. The molecule has 1 amide bonds. The maximum atomic E-state index is 11.9. The Morgan fingerprint density at radius 1 is 1.19 bits per heavy atom. The SMILES string of the molecule is Cc1c(NC(=S)NC(=O)CC(C)C)cccc1-c1nc2ccccc2s1. The van der Waals surface area contributed by atoms with E-state index in [4.69, 9.17) is 17.2 Å². The van der Waals surface area contributed by atoms with E-state index in [0.717, 1.165) is 32.0 Å². The lowest BCUT2D eigenvalue weighted by Gasteiger charge is -2.14. The van der Waals surface area contributed by atoms with E-state index in [1.165, 1.54) is 0 Å². The Kier molecular flexibility index (Phi) is 5.64. The second-order valence-electron chi connectivity index (χ2n) is 6.57. The number of thiocarbonyl (C=S) groups is 1. The van der Waals surface area contributed by atoms with E-state index < -0.39 is 0 Å². The van der Waals surface area contributed by atoms with Gasteiger partial charge < -0.3 is 10.6 Å². The molecule has 3 rings (SSSR count). The van der Waals surface area contributed by atoms with Crippen LogP contribution in [0, 0.1) is 12.8 Å². The number of amides is 1. The van der Waals surface area contributed by atoms with Gasteiger partial charge in [0.25, 0.3) is 0 Å². The van der Waals surface area contributed by atoms with Gasteiger partial charge in [0.05, 0.1) is 10.2 Å². The lowest BCUT2D eigenvalue weighted by Crippen LogP contribution is -2.34. The van der Waals surface area contributed by atoms with Crippen molar-refractivity contribution >= 4 is 50.5 Å². The Bertz CT molecular complexity index is 930. The first-order valence-electron chi connectivity index (χ1n) is 8.50. The van der Waals surface area contributed by atoms with Crippen LogP contribution in [0.25, 0.3) is 20.8 Å². The molecular formula is C20H21N3OS2. The minimum absolute atomic E-state index is 0.0718. The molecule has 0 radical (unpaired) electrons. The summed E-state index contributed by atoms with van der Waals surface area (Å²) in [6.07, 6.45) is 0.451. The molecule has 4 nitrogen and oxygen atoms in total. The second kappa shape index (κ2) is 7.93. The molecule has 0 atom stereocenters. The number of carbonyl (C=O) groups is 1. The maximum absolute atomic E-state index is 11.9. The summed E-state index contributed by atoms with van der Waals surface area (Å²) in [4.78, 5) is 16.6. The molecule has 0 saturated heterocycles. The third-order valence-corrected chi connectivity index (χ3v) is 5.23. The van der Waals surface area contributed by atoms with Crippen molar-refractivity contribution in [2.75, 3.05) is 5.32 Å². The van der Waals surface area contributed by atoms with E-state index in [9.17, 15) is 4.79 Å². The number of rotatable bonds is 4. The molecular weight excluding hydrogens is 362 g/mol. The van der Waals surface area contributed by atoms with Crippen LogP contribution < -0.4 is 10.6 Å². The molecule has 134 valence electrons. The molecule has 0 bridgehead atoms. The average molecular weight is 384 g/mol. The Labute approximate surface area is 162 Å². The van der Waals surface area contributed by atoms with E-state index in [1.54, 1.807) is 11.3 Å². The van der Waals surface area contributed by atoms with Crippen molar-refractivity contribution < 1.29 is 4.79 Å². The molecule has 26 heavy (non-hydrogen) atoms. The third-order valence-electron chi connectivity index (χ3n) is 3.95. The van der Waals surface area contributed by atoms with Crippen LogP contribution in [-0.2, 0) is 4.79 Å². The highest BCUT2D eigenvalue weighted by Gasteiger charge is 2.13. The van der Waals surface area contributed by atoms with E-state index in [-0.39, 0.29) is 5.91 Å². The number of benzene rings is 2. The van der Waals surface area contributed by atoms with Gasteiger partial charge in [-0.05, 0) is 48.8 Å². The zero-order valence-electron chi connectivity index (χ0n) is 15.0. The summed E-state index contributed by atoms with van der Waals surface area (Å²) in [6.45, 7) is 6.03. The number of aromatic nitrogens is 1. The summed E-state index contributed by atoms with van der Waals surface area (Å²) < 4.78 is 1.16. The monoisotopic (exact) mass is 383 g/mol. The van der Waals surface area contributed by atoms with Gasteiger partial charge in [0, 0.05) is 17.7 Å². The van der Waals surface area contributed by atoms with E-state index >= 15 is 0 Å². The van der Waals surface area contributed by atoms with Gasteiger partial charge in [0.15, 0.2) is 5.11 Å². The number of nitrogens with zero attached hydrogens (tertiary/aromatic N) is 1. The third kappa shape index (κ3) is 4.26.